The van der Waals surface area contributed by atoms with Crippen LogP contribution in [0, 0.1) is 0 Å². The zero-order valence-electron chi connectivity index (χ0n) is 18.2. The van der Waals surface area contributed by atoms with Crippen molar-refractivity contribution in [2.24, 2.45) is 0 Å². The molecule has 2 N–H and O–H groups in total. The number of carboxylic acid groups (broad SMARTS) is 1. The van der Waals surface area contributed by atoms with Crippen molar-refractivity contribution in [3.8, 4) is 22.5 Å². The van der Waals surface area contributed by atoms with Crippen LogP contribution in [0.4, 0.5) is 5.82 Å². The molecular formula is C27H21N5O2. The fourth-order valence-electron chi connectivity index (χ4n) is 3.74. The van der Waals surface area contributed by atoms with Crippen molar-refractivity contribution in [2.45, 2.75) is 6.54 Å². The van der Waals surface area contributed by atoms with Crippen molar-refractivity contribution >= 4 is 23.4 Å². The fraction of sp³-hybridized carbons (Fsp3) is 0.0370. The Kier molecular flexibility index (Phi) is 5.82. The Labute approximate surface area is 196 Å². The highest BCUT2D eigenvalue weighted by Gasteiger charge is 2.15. The van der Waals surface area contributed by atoms with Crippen molar-refractivity contribution < 1.29 is 9.90 Å². The van der Waals surface area contributed by atoms with Gasteiger partial charge in [0.05, 0.1) is 0 Å². The standard InChI is InChI=1S/C27H21N5O2/c33-24(34)12-11-20-15-22(18-28-16-20)26-30-27(29-17-19-7-3-1-4-8-19)25-23(13-14-32(25)31-26)21-9-5-2-6-10-21/h1-16,18H,17H2,(H,33,34)(H,29,30,31). The van der Waals surface area contributed by atoms with Gasteiger partial charge in [0.25, 0.3) is 0 Å². The van der Waals surface area contributed by atoms with Gasteiger partial charge in [-0.3, -0.25) is 4.98 Å². The number of anilines is 1. The van der Waals surface area contributed by atoms with Gasteiger partial charge in [0, 0.05) is 42.3 Å². The molecule has 5 aromatic rings. The minimum Gasteiger partial charge on any atom is -0.478 e. The van der Waals surface area contributed by atoms with E-state index in [0.29, 0.717) is 29.3 Å². The van der Waals surface area contributed by atoms with Crippen LogP contribution in [0.3, 0.4) is 0 Å². The second-order valence-electron chi connectivity index (χ2n) is 7.69. The summed E-state index contributed by atoms with van der Waals surface area (Å²) in [6.45, 7) is 0.603. The Balaban J connectivity index is 1.61. The van der Waals surface area contributed by atoms with Crippen molar-refractivity contribution in [1.82, 2.24) is 19.6 Å². The van der Waals surface area contributed by atoms with Crippen molar-refractivity contribution in [3.05, 3.63) is 109 Å². The molecule has 0 amide bonds. The minimum atomic E-state index is -1.02. The highest BCUT2D eigenvalue weighted by atomic mass is 16.4. The first kappa shape index (κ1) is 21.1. The third-order valence-electron chi connectivity index (χ3n) is 5.33. The van der Waals surface area contributed by atoms with E-state index in [1.54, 1.807) is 12.4 Å². The molecule has 0 saturated heterocycles. The number of aromatic nitrogens is 4. The predicted octanol–water partition coefficient (Wildman–Crippen LogP) is 5.17. The lowest BCUT2D eigenvalue weighted by Gasteiger charge is -2.12. The summed E-state index contributed by atoms with van der Waals surface area (Å²) in [4.78, 5) is 20.0. The Hall–Kier alpha value is -4.78. The van der Waals surface area contributed by atoms with Crippen LogP contribution >= 0.6 is 0 Å². The van der Waals surface area contributed by atoms with Gasteiger partial charge in [-0.2, -0.15) is 0 Å². The molecule has 7 nitrogen and oxygen atoms in total. The molecule has 0 saturated carbocycles. The maximum Gasteiger partial charge on any atom is 0.328 e. The van der Waals surface area contributed by atoms with Gasteiger partial charge in [0.15, 0.2) is 11.6 Å². The van der Waals surface area contributed by atoms with Crippen molar-refractivity contribution in [2.75, 3.05) is 5.32 Å². The zero-order valence-corrected chi connectivity index (χ0v) is 18.2. The van der Waals surface area contributed by atoms with Gasteiger partial charge >= 0.3 is 5.97 Å². The van der Waals surface area contributed by atoms with E-state index < -0.39 is 5.97 Å². The number of carboxylic acids is 1. The van der Waals surface area contributed by atoms with Crippen LogP contribution in [0.25, 0.3) is 34.1 Å². The SMILES string of the molecule is O=C(O)C=Cc1cncc(-c2nc(NCc3ccccc3)c3c(-c4ccccc4)ccn3n2)c1. The molecule has 0 unspecified atom stereocenters. The Bertz CT molecular complexity index is 1480. The molecule has 3 aromatic heterocycles. The third-order valence-corrected chi connectivity index (χ3v) is 5.33. The highest BCUT2D eigenvalue weighted by Crippen LogP contribution is 2.31. The summed E-state index contributed by atoms with van der Waals surface area (Å²) in [7, 11) is 0. The Morgan fingerprint density at radius 3 is 2.50 bits per heavy atom. The highest BCUT2D eigenvalue weighted by molar-refractivity contribution is 5.89. The average molecular weight is 447 g/mol. The van der Waals surface area contributed by atoms with E-state index in [-0.39, 0.29) is 0 Å². The number of rotatable bonds is 7. The molecule has 0 fully saturated rings. The van der Waals surface area contributed by atoms with Crippen LogP contribution in [0.1, 0.15) is 11.1 Å². The third kappa shape index (κ3) is 4.54. The summed E-state index contributed by atoms with van der Waals surface area (Å²) in [6, 6.07) is 24.1. The monoisotopic (exact) mass is 447 g/mol. The van der Waals surface area contributed by atoms with E-state index in [1.807, 2.05) is 59.2 Å². The number of benzene rings is 2. The van der Waals surface area contributed by atoms with Crippen LogP contribution in [-0.4, -0.2) is 30.7 Å². The molecule has 7 heteroatoms. The van der Waals surface area contributed by atoms with Crippen LogP contribution < -0.4 is 5.32 Å². The van der Waals surface area contributed by atoms with Crippen LogP contribution in [-0.2, 0) is 11.3 Å². The van der Waals surface area contributed by atoms with Gasteiger partial charge < -0.3 is 10.4 Å². The summed E-state index contributed by atoms with van der Waals surface area (Å²) in [5.74, 6) is 0.164. The first-order valence-electron chi connectivity index (χ1n) is 10.8. The number of pyridine rings is 1. The van der Waals surface area contributed by atoms with Gasteiger partial charge in [0.2, 0.25) is 0 Å². The minimum absolute atomic E-state index is 0.483. The van der Waals surface area contributed by atoms with Crippen LogP contribution in [0.2, 0.25) is 0 Å². The van der Waals surface area contributed by atoms with E-state index in [9.17, 15) is 4.79 Å². The molecule has 0 aliphatic heterocycles. The van der Waals surface area contributed by atoms with E-state index in [1.165, 1.54) is 6.08 Å². The first-order valence-corrected chi connectivity index (χ1v) is 10.8. The smallest absolute Gasteiger partial charge is 0.328 e. The lowest BCUT2D eigenvalue weighted by molar-refractivity contribution is -0.131. The zero-order chi connectivity index (χ0) is 23.3. The Morgan fingerprint density at radius 2 is 1.74 bits per heavy atom. The van der Waals surface area contributed by atoms with Crippen molar-refractivity contribution in [1.29, 1.82) is 0 Å². The van der Waals surface area contributed by atoms with Gasteiger partial charge in [-0.1, -0.05) is 60.7 Å². The average Bonchev–Trinajstić information content (AvgIpc) is 3.32. The van der Waals surface area contributed by atoms with Gasteiger partial charge in [-0.05, 0) is 34.9 Å². The van der Waals surface area contributed by atoms with Gasteiger partial charge in [-0.25, -0.2) is 14.3 Å². The first-order chi connectivity index (χ1) is 16.7. The van der Waals surface area contributed by atoms with Crippen LogP contribution in [0.5, 0.6) is 0 Å². The summed E-state index contributed by atoms with van der Waals surface area (Å²) < 4.78 is 1.82. The van der Waals surface area contributed by atoms with Crippen molar-refractivity contribution in [3.63, 3.8) is 0 Å². The molecule has 0 bridgehead atoms. The normalized spacial score (nSPS) is 11.2. The predicted molar refractivity (Wildman–Crippen MR) is 132 cm³/mol. The molecule has 166 valence electrons. The lowest BCUT2D eigenvalue weighted by atomic mass is 10.1. The summed E-state index contributed by atoms with van der Waals surface area (Å²) in [6.07, 6.45) is 7.75. The number of carbonyl (C=O) groups is 1. The van der Waals surface area contributed by atoms with Crippen LogP contribution in [0.15, 0.2) is 97.5 Å². The van der Waals surface area contributed by atoms with E-state index >= 15 is 0 Å². The number of nitrogens with one attached hydrogen (secondary N) is 1. The lowest BCUT2D eigenvalue weighted by Crippen LogP contribution is -2.07. The maximum absolute atomic E-state index is 10.9. The quantitative estimate of drug-likeness (QED) is 0.335. The van der Waals surface area contributed by atoms with Gasteiger partial charge in [0.1, 0.15) is 5.52 Å². The maximum atomic E-state index is 10.9. The molecular weight excluding hydrogens is 426 g/mol. The number of hydrogen-bond donors (Lipinski definition) is 2. The number of aliphatic carboxylic acids is 1. The van der Waals surface area contributed by atoms with E-state index in [0.717, 1.165) is 28.3 Å². The molecule has 0 aliphatic carbocycles. The topological polar surface area (TPSA) is 92.4 Å². The molecule has 34 heavy (non-hydrogen) atoms. The molecule has 0 atom stereocenters. The molecule has 0 radical (unpaired) electrons. The second-order valence-corrected chi connectivity index (χ2v) is 7.69. The number of hydrogen-bond acceptors (Lipinski definition) is 5. The summed E-state index contributed by atoms with van der Waals surface area (Å²) in [5, 5.41) is 17.1. The molecule has 3 heterocycles. The van der Waals surface area contributed by atoms with E-state index in [4.69, 9.17) is 15.2 Å². The molecule has 0 spiro atoms. The molecule has 2 aromatic carbocycles. The second kappa shape index (κ2) is 9.38. The largest absolute Gasteiger partial charge is 0.478 e. The summed E-state index contributed by atoms with van der Waals surface area (Å²) in [5.41, 5.74) is 5.45. The number of fused-ring (bicyclic) bond motifs is 1. The summed E-state index contributed by atoms with van der Waals surface area (Å²) >= 11 is 0. The fourth-order valence-corrected chi connectivity index (χ4v) is 3.74. The Morgan fingerprint density at radius 1 is 0.971 bits per heavy atom. The van der Waals surface area contributed by atoms with E-state index in [2.05, 4.69) is 34.6 Å². The van der Waals surface area contributed by atoms with Gasteiger partial charge in [-0.15, -0.1) is 5.10 Å². The molecule has 0 aliphatic rings. The molecule has 5 rings (SSSR count). The number of nitrogens with zero attached hydrogens (tertiary/aromatic N) is 4.